The number of nitro groups is 1. The Morgan fingerprint density at radius 2 is 2.17 bits per heavy atom. The second-order valence-corrected chi connectivity index (χ2v) is 3.41. The van der Waals surface area contributed by atoms with Crippen LogP contribution in [-0.4, -0.2) is 28.5 Å². The lowest BCUT2D eigenvalue weighted by Gasteiger charge is -2.08. The molecule has 0 aliphatic carbocycles. The minimum atomic E-state index is -4.61. The van der Waals surface area contributed by atoms with Gasteiger partial charge in [0.1, 0.15) is 12.1 Å². The average Bonchev–Trinajstić information content (AvgIpc) is 2.24. The van der Waals surface area contributed by atoms with E-state index in [0.717, 1.165) is 12.3 Å². The summed E-state index contributed by atoms with van der Waals surface area (Å²) in [5, 5.41) is 11.6. The van der Waals surface area contributed by atoms with E-state index in [2.05, 4.69) is 4.98 Å². The number of halogens is 4. The molecule has 0 unspecified atom stereocenters. The number of hydrogen-bond acceptors (Lipinski definition) is 4. The second kappa shape index (κ2) is 5.17. The Morgan fingerprint density at radius 1 is 1.56 bits per heavy atom. The van der Waals surface area contributed by atoms with Crippen LogP contribution < -0.4 is 5.32 Å². The number of alkyl halides is 3. The predicted octanol–water partition coefficient (Wildman–Crippen LogP) is 1.94. The smallest absolute Gasteiger partial charge is 0.343 e. The Labute approximate surface area is 103 Å². The van der Waals surface area contributed by atoms with Gasteiger partial charge in [0.25, 0.3) is 5.91 Å². The lowest BCUT2D eigenvalue weighted by Crippen LogP contribution is -2.34. The fourth-order valence-electron chi connectivity index (χ4n) is 1.06. The summed E-state index contributed by atoms with van der Waals surface area (Å²) in [4.78, 5) is 24.4. The Morgan fingerprint density at radius 3 is 2.67 bits per heavy atom. The topological polar surface area (TPSA) is 85.1 Å². The zero-order valence-electron chi connectivity index (χ0n) is 8.49. The lowest BCUT2D eigenvalue weighted by molar-refractivity contribution is -0.385. The van der Waals surface area contributed by atoms with Gasteiger partial charge in [0.15, 0.2) is 0 Å². The van der Waals surface area contributed by atoms with Gasteiger partial charge in [0, 0.05) is 6.20 Å². The minimum absolute atomic E-state index is 0.570. The van der Waals surface area contributed by atoms with Gasteiger partial charge in [-0.05, 0) is 6.07 Å². The highest BCUT2D eigenvalue weighted by Crippen LogP contribution is 2.26. The van der Waals surface area contributed by atoms with Crippen molar-refractivity contribution >= 4 is 23.2 Å². The van der Waals surface area contributed by atoms with Gasteiger partial charge in [-0.2, -0.15) is 13.2 Å². The van der Waals surface area contributed by atoms with Crippen molar-refractivity contribution < 1.29 is 22.9 Å². The molecule has 1 amide bonds. The Kier molecular flexibility index (Phi) is 4.07. The molecule has 0 spiro atoms. The number of rotatable bonds is 3. The molecule has 1 aromatic rings. The first-order valence-corrected chi connectivity index (χ1v) is 4.74. The first-order chi connectivity index (χ1) is 8.22. The molecule has 1 aromatic heterocycles. The average molecular weight is 284 g/mol. The van der Waals surface area contributed by atoms with Crippen molar-refractivity contribution in [2.24, 2.45) is 0 Å². The van der Waals surface area contributed by atoms with Gasteiger partial charge in [-0.25, -0.2) is 4.98 Å². The highest BCUT2D eigenvalue weighted by atomic mass is 35.5. The zero-order valence-corrected chi connectivity index (χ0v) is 9.25. The normalized spacial score (nSPS) is 11.1. The molecule has 0 saturated heterocycles. The van der Waals surface area contributed by atoms with Crippen LogP contribution in [0.2, 0.25) is 5.15 Å². The number of pyridine rings is 1. The molecule has 0 fully saturated rings. The van der Waals surface area contributed by atoms with E-state index in [1.807, 2.05) is 0 Å². The molecule has 0 aliphatic rings. The summed E-state index contributed by atoms with van der Waals surface area (Å²) < 4.78 is 35.6. The van der Waals surface area contributed by atoms with E-state index in [1.165, 1.54) is 5.32 Å². The molecule has 0 aromatic carbocycles. The quantitative estimate of drug-likeness (QED) is 0.522. The maximum Gasteiger partial charge on any atom is 0.405 e. The van der Waals surface area contributed by atoms with Crippen LogP contribution in [0.25, 0.3) is 0 Å². The highest BCUT2D eigenvalue weighted by molar-refractivity contribution is 6.32. The summed E-state index contributed by atoms with van der Waals surface area (Å²) in [6.45, 7) is -1.59. The van der Waals surface area contributed by atoms with E-state index in [1.54, 1.807) is 0 Å². The third-order valence-electron chi connectivity index (χ3n) is 1.76. The molecule has 0 bridgehead atoms. The molecule has 0 saturated carbocycles. The van der Waals surface area contributed by atoms with Gasteiger partial charge in [-0.1, -0.05) is 11.6 Å². The fraction of sp³-hybridized carbons (Fsp3) is 0.250. The number of aromatic nitrogens is 1. The predicted molar refractivity (Wildman–Crippen MR) is 54.3 cm³/mol. The highest BCUT2D eigenvalue weighted by Gasteiger charge is 2.30. The van der Waals surface area contributed by atoms with Crippen molar-refractivity contribution in [2.45, 2.75) is 6.18 Å². The van der Waals surface area contributed by atoms with Crippen LogP contribution in [0.3, 0.4) is 0 Å². The van der Waals surface area contributed by atoms with Crippen molar-refractivity contribution in [2.75, 3.05) is 6.54 Å². The van der Waals surface area contributed by atoms with E-state index in [0.29, 0.717) is 0 Å². The molecular weight excluding hydrogens is 279 g/mol. The first kappa shape index (κ1) is 14.2. The molecule has 0 aliphatic heterocycles. The van der Waals surface area contributed by atoms with Gasteiger partial charge >= 0.3 is 11.9 Å². The molecular formula is C8H5ClF3N3O3. The molecule has 0 radical (unpaired) electrons. The van der Waals surface area contributed by atoms with E-state index in [-0.39, 0.29) is 0 Å². The number of hydrogen-bond donors (Lipinski definition) is 1. The molecule has 1 N–H and O–H groups in total. The van der Waals surface area contributed by atoms with Crippen LogP contribution in [0.15, 0.2) is 12.3 Å². The van der Waals surface area contributed by atoms with Crippen LogP contribution in [0, 0.1) is 10.1 Å². The summed E-state index contributed by atoms with van der Waals surface area (Å²) in [5.74, 6) is -1.25. The second-order valence-electron chi connectivity index (χ2n) is 3.05. The number of nitrogens with zero attached hydrogens (tertiary/aromatic N) is 2. The lowest BCUT2D eigenvalue weighted by atomic mass is 10.2. The van der Waals surface area contributed by atoms with Crippen molar-refractivity contribution in [1.82, 2.24) is 10.3 Å². The van der Waals surface area contributed by atoms with Gasteiger partial charge in [0.05, 0.1) is 4.92 Å². The van der Waals surface area contributed by atoms with E-state index in [4.69, 9.17) is 11.6 Å². The third-order valence-corrected chi connectivity index (χ3v) is 2.03. The number of amides is 1. The fourth-order valence-corrected chi connectivity index (χ4v) is 1.29. The van der Waals surface area contributed by atoms with Gasteiger partial charge in [-0.3, -0.25) is 14.9 Å². The van der Waals surface area contributed by atoms with Crippen molar-refractivity contribution in [3.63, 3.8) is 0 Å². The minimum Gasteiger partial charge on any atom is -0.343 e. The van der Waals surface area contributed by atoms with Crippen LogP contribution in [-0.2, 0) is 0 Å². The standard InChI is InChI=1S/C8H5ClF3N3O3/c9-6-5(15(17)18)4(1-2-13-6)7(16)14-3-8(10,11)12/h1-2H,3H2,(H,14,16). The molecule has 1 rings (SSSR count). The molecule has 6 nitrogen and oxygen atoms in total. The summed E-state index contributed by atoms with van der Waals surface area (Å²) in [6, 6.07) is 0.912. The van der Waals surface area contributed by atoms with Gasteiger partial charge in [0.2, 0.25) is 5.15 Å². The molecule has 98 valence electrons. The van der Waals surface area contributed by atoms with E-state index >= 15 is 0 Å². The maximum absolute atomic E-state index is 11.9. The van der Waals surface area contributed by atoms with Crippen LogP contribution in [0.1, 0.15) is 10.4 Å². The first-order valence-electron chi connectivity index (χ1n) is 4.36. The Hall–Kier alpha value is -1.90. The van der Waals surface area contributed by atoms with Gasteiger partial charge in [-0.15, -0.1) is 0 Å². The Bertz CT molecular complexity index is 492. The molecule has 1 heterocycles. The summed E-state index contributed by atoms with van der Waals surface area (Å²) in [5.41, 5.74) is -1.41. The van der Waals surface area contributed by atoms with Crippen molar-refractivity contribution in [1.29, 1.82) is 0 Å². The monoisotopic (exact) mass is 283 g/mol. The van der Waals surface area contributed by atoms with Crippen molar-refractivity contribution in [3.05, 3.63) is 33.1 Å². The van der Waals surface area contributed by atoms with E-state index < -0.39 is 40.0 Å². The number of carbonyl (C=O) groups is 1. The van der Waals surface area contributed by atoms with Crippen LogP contribution in [0.4, 0.5) is 18.9 Å². The SMILES string of the molecule is O=C(NCC(F)(F)F)c1ccnc(Cl)c1[N+](=O)[O-]. The largest absolute Gasteiger partial charge is 0.405 e. The maximum atomic E-state index is 11.9. The summed E-state index contributed by atoms with van der Waals surface area (Å²) in [6.07, 6.45) is -3.63. The zero-order chi connectivity index (χ0) is 13.9. The summed E-state index contributed by atoms with van der Waals surface area (Å²) >= 11 is 5.40. The van der Waals surface area contributed by atoms with Crippen LogP contribution >= 0.6 is 11.6 Å². The van der Waals surface area contributed by atoms with Crippen LogP contribution in [0.5, 0.6) is 0 Å². The number of carbonyl (C=O) groups excluding carboxylic acids is 1. The molecule has 10 heteroatoms. The van der Waals surface area contributed by atoms with E-state index in [9.17, 15) is 28.1 Å². The van der Waals surface area contributed by atoms with Crippen molar-refractivity contribution in [3.8, 4) is 0 Å². The molecule has 18 heavy (non-hydrogen) atoms. The van der Waals surface area contributed by atoms with Gasteiger partial charge < -0.3 is 5.32 Å². The third kappa shape index (κ3) is 3.55. The summed E-state index contributed by atoms with van der Waals surface area (Å²) in [7, 11) is 0. The Balaban J connectivity index is 3.00. The number of nitrogens with one attached hydrogen (secondary N) is 1. The molecule has 0 atom stereocenters.